The summed E-state index contributed by atoms with van der Waals surface area (Å²) in [5.41, 5.74) is 5.03. The molecule has 0 radical (unpaired) electrons. The number of methoxy groups -OCH3 is 1. The van der Waals surface area contributed by atoms with Crippen LogP contribution in [0.2, 0.25) is 0 Å². The number of allylic oxidation sites excluding steroid dienone is 1. The molecule has 1 N–H and O–H groups in total. The van der Waals surface area contributed by atoms with Crippen molar-refractivity contribution in [1.82, 2.24) is 9.88 Å². The van der Waals surface area contributed by atoms with E-state index in [1.165, 1.54) is 60.7 Å². The van der Waals surface area contributed by atoms with Crippen LogP contribution in [0, 0.1) is 11.8 Å². The molecule has 5 heteroatoms. The Hall–Kier alpha value is -2.56. The van der Waals surface area contributed by atoms with Crippen LogP contribution in [-0.2, 0) is 11.2 Å². The van der Waals surface area contributed by atoms with Crippen molar-refractivity contribution in [1.29, 1.82) is 0 Å². The van der Waals surface area contributed by atoms with Crippen LogP contribution in [0.1, 0.15) is 108 Å². The van der Waals surface area contributed by atoms with Crippen LogP contribution in [0.3, 0.4) is 0 Å². The topological polar surface area (TPSA) is 55.6 Å². The first kappa shape index (κ1) is 26.1. The number of unbranched alkanes of at least 4 members (excludes halogenated alkanes) is 1. The van der Waals surface area contributed by atoms with Gasteiger partial charge in [0.05, 0.1) is 29.9 Å². The summed E-state index contributed by atoms with van der Waals surface area (Å²) in [6.07, 6.45) is 19.2. The average molecular weight is 504 g/mol. The van der Waals surface area contributed by atoms with Crippen LogP contribution in [-0.4, -0.2) is 29.8 Å². The molecule has 5 rings (SSSR count). The van der Waals surface area contributed by atoms with Crippen molar-refractivity contribution >= 4 is 28.7 Å². The van der Waals surface area contributed by atoms with Gasteiger partial charge < -0.3 is 14.6 Å². The predicted octanol–water partition coefficient (Wildman–Crippen LogP) is 7.62. The van der Waals surface area contributed by atoms with Gasteiger partial charge in [0, 0.05) is 29.8 Å². The zero-order valence-corrected chi connectivity index (χ0v) is 23.1. The molecule has 2 atom stereocenters. The van der Waals surface area contributed by atoms with Gasteiger partial charge in [-0.1, -0.05) is 38.7 Å². The SMILES string of the molecule is CCCCc1c(/C2=C\CCCCC(C(=O)NC(C)C3CC3)C=N2)n(C2CCCC2)c2cc(OC)ccc12. The predicted molar refractivity (Wildman–Crippen MR) is 153 cm³/mol. The van der Waals surface area contributed by atoms with Crippen molar-refractivity contribution in [2.24, 2.45) is 16.8 Å². The number of carbonyl (C=O) groups excluding carboxylic acids is 1. The van der Waals surface area contributed by atoms with Crippen LogP contribution in [0.5, 0.6) is 5.75 Å². The number of carbonyl (C=O) groups is 1. The molecule has 200 valence electrons. The van der Waals surface area contributed by atoms with Gasteiger partial charge in [0.15, 0.2) is 0 Å². The molecule has 2 unspecified atom stereocenters. The van der Waals surface area contributed by atoms with Gasteiger partial charge >= 0.3 is 0 Å². The molecular weight excluding hydrogens is 458 g/mol. The third kappa shape index (κ3) is 5.81. The van der Waals surface area contributed by atoms with Crippen LogP contribution in [0.4, 0.5) is 0 Å². The quantitative estimate of drug-likeness (QED) is 0.382. The Labute approximate surface area is 222 Å². The largest absolute Gasteiger partial charge is 0.497 e. The minimum Gasteiger partial charge on any atom is -0.497 e. The Balaban J connectivity index is 1.57. The lowest BCUT2D eigenvalue weighted by molar-refractivity contribution is -0.123. The molecule has 1 aliphatic heterocycles. The first-order chi connectivity index (χ1) is 18.1. The Bertz CT molecular complexity index is 1150. The first-order valence-electron chi connectivity index (χ1n) is 14.9. The lowest BCUT2D eigenvalue weighted by Gasteiger charge is -2.20. The van der Waals surface area contributed by atoms with E-state index < -0.39 is 0 Å². The zero-order valence-electron chi connectivity index (χ0n) is 23.1. The molecule has 1 amide bonds. The van der Waals surface area contributed by atoms with E-state index in [4.69, 9.17) is 9.73 Å². The molecule has 3 aliphatic rings. The van der Waals surface area contributed by atoms with Crippen LogP contribution in [0.15, 0.2) is 29.3 Å². The van der Waals surface area contributed by atoms with E-state index in [-0.39, 0.29) is 17.9 Å². The zero-order chi connectivity index (χ0) is 25.8. The summed E-state index contributed by atoms with van der Waals surface area (Å²) in [5, 5.41) is 4.63. The van der Waals surface area contributed by atoms with Gasteiger partial charge in [0.25, 0.3) is 0 Å². The van der Waals surface area contributed by atoms with Gasteiger partial charge in [-0.3, -0.25) is 9.79 Å². The summed E-state index contributed by atoms with van der Waals surface area (Å²) in [7, 11) is 1.75. The molecule has 1 aromatic carbocycles. The van der Waals surface area contributed by atoms with Crippen LogP contribution < -0.4 is 10.1 Å². The number of nitrogens with zero attached hydrogens (tertiary/aromatic N) is 2. The van der Waals surface area contributed by atoms with Crippen molar-refractivity contribution in [2.75, 3.05) is 7.11 Å². The Morgan fingerprint density at radius 1 is 1.14 bits per heavy atom. The second kappa shape index (κ2) is 11.9. The first-order valence-corrected chi connectivity index (χ1v) is 14.9. The highest BCUT2D eigenvalue weighted by molar-refractivity contribution is 5.97. The molecule has 37 heavy (non-hydrogen) atoms. The lowest BCUT2D eigenvalue weighted by atomic mass is 10.0. The minimum atomic E-state index is -0.161. The standard InChI is InChI=1S/C32H45N3O2/c1-4-5-14-28-27-19-18-26(37-3)20-30(27)35(25-12-9-10-13-25)31(28)29-15-8-6-7-11-24(21-33-29)32(36)34-22(2)23-16-17-23/h15,18-25H,4-14,16-17H2,1-3H3,(H,34,36)/b29-15+,33-21?. The Morgan fingerprint density at radius 3 is 2.65 bits per heavy atom. The molecular formula is C32H45N3O2. The van der Waals surface area contributed by atoms with Crippen molar-refractivity contribution < 1.29 is 9.53 Å². The van der Waals surface area contributed by atoms with E-state index in [0.29, 0.717) is 12.0 Å². The van der Waals surface area contributed by atoms with Crippen molar-refractivity contribution in [3.8, 4) is 5.75 Å². The van der Waals surface area contributed by atoms with Crippen molar-refractivity contribution in [2.45, 2.75) is 109 Å². The maximum absolute atomic E-state index is 13.2. The van der Waals surface area contributed by atoms with Gasteiger partial charge in [-0.25, -0.2) is 0 Å². The number of hydrogen-bond donors (Lipinski definition) is 1. The van der Waals surface area contributed by atoms with E-state index >= 15 is 0 Å². The minimum absolute atomic E-state index is 0.150. The molecule has 0 saturated heterocycles. The number of amides is 1. The average Bonchev–Trinajstić information content (AvgIpc) is 3.49. The molecule has 2 aromatic rings. The number of benzene rings is 1. The van der Waals surface area contributed by atoms with Gasteiger partial charge in [0.2, 0.25) is 5.91 Å². The summed E-state index contributed by atoms with van der Waals surface area (Å²) in [5.74, 6) is 1.56. The van der Waals surface area contributed by atoms with Gasteiger partial charge in [-0.15, -0.1) is 0 Å². The highest BCUT2D eigenvalue weighted by atomic mass is 16.5. The molecule has 0 spiro atoms. The number of fused-ring (bicyclic) bond motifs is 1. The molecule has 1 aromatic heterocycles. The Morgan fingerprint density at radius 2 is 1.92 bits per heavy atom. The third-order valence-corrected chi connectivity index (χ3v) is 8.77. The number of rotatable bonds is 9. The highest BCUT2D eigenvalue weighted by Gasteiger charge is 2.31. The Kier molecular flexibility index (Phi) is 8.36. The van der Waals surface area contributed by atoms with Gasteiger partial charge in [0.1, 0.15) is 5.75 Å². The normalized spacial score (nSPS) is 23.2. The third-order valence-electron chi connectivity index (χ3n) is 8.77. The summed E-state index contributed by atoms with van der Waals surface area (Å²) >= 11 is 0. The molecule has 2 aliphatic carbocycles. The molecule has 5 nitrogen and oxygen atoms in total. The van der Waals surface area contributed by atoms with Gasteiger partial charge in [-0.05, 0) is 88.3 Å². The van der Waals surface area contributed by atoms with E-state index in [1.54, 1.807) is 7.11 Å². The summed E-state index contributed by atoms with van der Waals surface area (Å²) < 4.78 is 8.26. The fourth-order valence-corrected chi connectivity index (χ4v) is 6.36. The molecule has 2 fully saturated rings. The fourth-order valence-electron chi connectivity index (χ4n) is 6.36. The second-order valence-electron chi connectivity index (χ2n) is 11.5. The lowest BCUT2D eigenvalue weighted by Crippen LogP contribution is -2.39. The fraction of sp³-hybridized carbons (Fsp3) is 0.625. The number of hydrogen-bond acceptors (Lipinski definition) is 3. The van der Waals surface area contributed by atoms with E-state index in [1.807, 2.05) is 6.21 Å². The van der Waals surface area contributed by atoms with Crippen LogP contribution in [0.25, 0.3) is 16.6 Å². The second-order valence-corrected chi connectivity index (χ2v) is 11.5. The van der Waals surface area contributed by atoms with E-state index in [0.717, 1.165) is 56.4 Å². The number of aryl methyl sites for hydroxylation is 1. The van der Waals surface area contributed by atoms with E-state index in [9.17, 15) is 4.79 Å². The highest BCUT2D eigenvalue weighted by Crippen LogP contribution is 2.42. The molecule has 0 bridgehead atoms. The van der Waals surface area contributed by atoms with Gasteiger partial charge in [-0.2, -0.15) is 0 Å². The number of ether oxygens (including phenoxy) is 1. The summed E-state index contributed by atoms with van der Waals surface area (Å²) in [6.45, 7) is 4.42. The van der Waals surface area contributed by atoms with Crippen molar-refractivity contribution in [3.05, 3.63) is 35.5 Å². The van der Waals surface area contributed by atoms with E-state index in [2.05, 4.69) is 48.0 Å². The smallest absolute Gasteiger partial charge is 0.228 e. The summed E-state index contributed by atoms with van der Waals surface area (Å²) in [4.78, 5) is 18.4. The molecule has 2 saturated carbocycles. The number of nitrogens with one attached hydrogen (secondary N) is 1. The summed E-state index contributed by atoms with van der Waals surface area (Å²) in [6, 6.07) is 7.33. The monoisotopic (exact) mass is 503 g/mol. The van der Waals surface area contributed by atoms with Crippen LogP contribution >= 0.6 is 0 Å². The van der Waals surface area contributed by atoms with Crippen molar-refractivity contribution in [3.63, 3.8) is 0 Å². The maximum atomic E-state index is 13.2. The number of aliphatic imine (C=N–C) groups is 1. The molecule has 2 heterocycles. The maximum Gasteiger partial charge on any atom is 0.228 e. The number of aromatic nitrogens is 1.